The molecule has 0 fully saturated rings. The lowest BCUT2D eigenvalue weighted by atomic mass is 9.80. The van der Waals surface area contributed by atoms with Gasteiger partial charge in [0.2, 0.25) is 5.75 Å². The quantitative estimate of drug-likeness (QED) is 0.121. The number of hydrogen-bond acceptors (Lipinski definition) is 5. The maximum Gasteiger partial charge on any atom is 0.203 e. The van der Waals surface area contributed by atoms with E-state index in [1.54, 1.807) is 28.4 Å². The molecule has 42 heavy (non-hydrogen) atoms. The highest BCUT2D eigenvalue weighted by Gasteiger charge is 2.39. The summed E-state index contributed by atoms with van der Waals surface area (Å²) in [6, 6.07) is 40.6. The Labute approximate surface area is 247 Å². The first kappa shape index (κ1) is 28.4. The molecular formula is C37H34O5. The predicted octanol–water partition coefficient (Wildman–Crippen LogP) is 8.26. The second kappa shape index (κ2) is 13.0. The minimum Gasteiger partial charge on any atom is -0.493 e. The number of hydrogen-bond donors (Lipinski definition) is 0. The van der Waals surface area contributed by atoms with Crippen molar-refractivity contribution >= 4 is 12.2 Å². The van der Waals surface area contributed by atoms with E-state index in [0.717, 1.165) is 27.8 Å². The van der Waals surface area contributed by atoms with E-state index in [1.807, 2.05) is 97.1 Å². The summed E-state index contributed by atoms with van der Waals surface area (Å²) in [6.45, 7) is 0. The van der Waals surface area contributed by atoms with E-state index < -0.39 is 5.60 Å². The van der Waals surface area contributed by atoms with Gasteiger partial charge in [-0.15, -0.1) is 0 Å². The van der Waals surface area contributed by atoms with Crippen molar-refractivity contribution in [1.82, 2.24) is 0 Å². The topological polar surface area (TPSA) is 46.2 Å². The third kappa shape index (κ3) is 5.68. The van der Waals surface area contributed by atoms with E-state index >= 15 is 0 Å². The van der Waals surface area contributed by atoms with Crippen LogP contribution in [0.1, 0.15) is 27.8 Å². The number of ether oxygens (including phenoxy) is 5. The average molecular weight is 559 g/mol. The lowest BCUT2D eigenvalue weighted by Crippen LogP contribution is -2.36. The molecular weight excluding hydrogens is 524 g/mol. The summed E-state index contributed by atoms with van der Waals surface area (Å²) >= 11 is 0. The first-order chi connectivity index (χ1) is 20.6. The Hall–Kier alpha value is -5.16. The van der Waals surface area contributed by atoms with Crippen molar-refractivity contribution in [3.63, 3.8) is 0 Å². The monoisotopic (exact) mass is 558 g/mol. The van der Waals surface area contributed by atoms with Crippen LogP contribution in [0.3, 0.4) is 0 Å². The zero-order valence-corrected chi connectivity index (χ0v) is 24.2. The Morgan fingerprint density at radius 2 is 0.857 bits per heavy atom. The normalized spacial score (nSPS) is 11.2. The third-order valence-electron chi connectivity index (χ3n) is 7.15. The Balaban J connectivity index is 1.62. The molecule has 5 rings (SSSR count). The van der Waals surface area contributed by atoms with Crippen LogP contribution >= 0.6 is 0 Å². The molecule has 5 aromatic carbocycles. The predicted molar refractivity (Wildman–Crippen MR) is 168 cm³/mol. The summed E-state index contributed by atoms with van der Waals surface area (Å²) in [7, 11) is 6.46. The molecule has 5 heteroatoms. The van der Waals surface area contributed by atoms with Crippen molar-refractivity contribution in [3.8, 4) is 28.7 Å². The minimum absolute atomic E-state index is 0.552. The fourth-order valence-electron chi connectivity index (χ4n) is 5.13. The fourth-order valence-corrected chi connectivity index (χ4v) is 5.13. The van der Waals surface area contributed by atoms with Gasteiger partial charge in [-0.2, -0.15) is 0 Å². The highest BCUT2D eigenvalue weighted by molar-refractivity contribution is 5.74. The van der Waals surface area contributed by atoms with Gasteiger partial charge in [-0.05, 0) is 35.4 Å². The molecule has 0 saturated carbocycles. The fraction of sp³-hybridized carbons (Fsp3) is 0.135. The molecule has 0 saturated heterocycles. The molecule has 0 N–H and O–H groups in total. The lowest BCUT2D eigenvalue weighted by molar-refractivity contribution is 0.149. The molecule has 0 atom stereocenters. The van der Waals surface area contributed by atoms with Crippen molar-refractivity contribution in [3.05, 3.63) is 149 Å². The Kier molecular flexibility index (Phi) is 8.78. The molecule has 0 heterocycles. The third-order valence-corrected chi connectivity index (χ3v) is 7.15. The molecule has 0 aliphatic heterocycles. The van der Waals surface area contributed by atoms with E-state index in [-0.39, 0.29) is 0 Å². The number of rotatable bonds is 11. The van der Waals surface area contributed by atoms with Crippen molar-refractivity contribution < 1.29 is 23.7 Å². The molecule has 5 nitrogen and oxygen atoms in total. The molecule has 0 unspecified atom stereocenters. The Morgan fingerprint density at radius 3 is 1.29 bits per heavy atom. The zero-order chi connectivity index (χ0) is 29.4. The van der Waals surface area contributed by atoms with Gasteiger partial charge in [0.25, 0.3) is 0 Å². The SMILES string of the molecule is COc1ccc(C=Cc2cc(OC)c(OC)c(OC)c2)cc1OC(c1ccccc1)(c1ccccc1)c1ccccc1. The molecule has 0 aromatic heterocycles. The molecule has 0 radical (unpaired) electrons. The average Bonchev–Trinajstić information content (AvgIpc) is 3.06. The van der Waals surface area contributed by atoms with Crippen LogP contribution in [0.15, 0.2) is 121 Å². The molecule has 5 aromatic rings. The van der Waals surface area contributed by atoms with Crippen LogP contribution in [0, 0.1) is 0 Å². The number of benzene rings is 5. The van der Waals surface area contributed by atoms with Crippen molar-refractivity contribution in [2.75, 3.05) is 28.4 Å². The van der Waals surface area contributed by atoms with Gasteiger partial charge in [0.1, 0.15) is 0 Å². The van der Waals surface area contributed by atoms with Crippen LogP contribution in [0.2, 0.25) is 0 Å². The van der Waals surface area contributed by atoms with Crippen LogP contribution in [-0.4, -0.2) is 28.4 Å². The van der Waals surface area contributed by atoms with Crippen LogP contribution in [0.25, 0.3) is 12.2 Å². The first-order valence-corrected chi connectivity index (χ1v) is 13.6. The van der Waals surface area contributed by atoms with Gasteiger partial charge in [0, 0.05) is 16.7 Å². The van der Waals surface area contributed by atoms with Gasteiger partial charge < -0.3 is 23.7 Å². The molecule has 212 valence electrons. The Bertz CT molecular complexity index is 1510. The van der Waals surface area contributed by atoms with Crippen LogP contribution in [0.4, 0.5) is 0 Å². The van der Waals surface area contributed by atoms with Gasteiger partial charge >= 0.3 is 0 Å². The maximum atomic E-state index is 7.16. The van der Waals surface area contributed by atoms with Crippen molar-refractivity contribution in [2.45, 2.75) is 5.60 Å². The summed E-state index contributed by atoms with van der Waals surface area (Å²) in [4.78, 5) is 0. The molecule has 0 aliphatic rings. The Morgan fingerprint density at radius 1 is 0.429 bits per heavy atom. The highest BCUT2D eigenvalue weighted by atomic mass is 16.5. The van der Waals surface area contributed by atoms with Crippen LogP contribution in [0.5, 0.6) is 28.7 Å². The highest BCUT2D eigenvalue weighted by Crippen LogP contribution is 2.44. The summed E-state index contributed by atoms with van der Waals surface area (Å²) in [5.74, 6) is 2.98. The zero-order valence-electron chi connectivity index (χ0n) is 24.2. The maximum absolute atomic E-state index is 7.16. The summed E-state index contributed by atoms with van der Waals surface area (Å²) in [5.41, 5.74) is 3.90. The van der Waals surface area contributed by atoms with Gasteiger partial charge in [-0.3, -0.25) is 0 Å². The van der Waals surface area contributed by atoms with E-state index in [9.17, 15) is 0 Å². The van der Waals surface area contributed by atoms with Crippen molar-refractivity contribution in [2.24, 2.45) is 0 Å². The summed E-state index contributed by atoms with van der Waals surface area (Å²) in [5, 5.41) is 0. The van der Waals surface area contributed by atoms with Crippen LogP contribution < -0.4 is 23.7 Å². The van der Waals surface area contributed by atoms with Crippen LogP contribution in [-0.2, 0) is 5.60 Å². The van der Waals surface area contributed by atoms with Gasteiger partial charge in [-0.25, -0.2) is 0 Å². The number of methoxy groups -OCH3 is 4. The second-order valence-electron chi connectivity index (χ2n) is 9.58. The second-order valence-corrected chi connectivity index (χ2v) is 9.58. The summed E-state index contributed by atoms with van der Waals surface area (Å²) < 4.78 is 29.5. The smallest absolute Gasteiger partial charge is 0.203 e. The molecule has 0 bridgehead atoms. The van der Waals surface area contributed by atoms with E-state index in [1.165, 1.54) is 0 Å². The molecule has 0 spiro atoms. The largest absolute Gasteiger partial charge is 0.493 e. The van der Waals surface area contributed by atoms with E-state index in [2.05, 4.69) is 36.4 Å². The van der Waals surface area contributed by atoms with Crippen molar-refractivity contribution in [1.29, 1.82) is 0 Å². The van der Waals surface area contributed by atoms with Gasteiger partial charge in [-0.1, -0.05) is 109 Å². The summed E-state index contributed by atoms with van der Waals surface area (Å²) in [6.07, 6.45) is 4.01. The van der Waals surface area contributed by atoms with Gasteiger partial charge in [0.05, 0.1) is 28.4 Å². The minimum atomic E-state index is -0.934. The standard InChI is InChI=1S/C37H34O5/c1-38-32-23-22-27(20-21-28-25-34(39-2)36(41-4)35(26-28)40-3)24-33(32)42-37(29-14-8-5-9-15-29,30-16-10-6-11-17-30)31-18-12-7-13-19-31/h5-26H,1-4H3. The van der Waals surface area contributed by atoms with Gasteiger partial charge in [0.15, 0.2) is 28.6 Å². The van der Waals surface area contributed by atoms with E-state index in [4.69, 9.17) is 23.7 Å². The molecule has 0 amide bonds. The van der Waals surface area contributed by atoms with E-state index in [0.29, 0.717) is 28.7 Å². The molecule has 0 aliphatic carbocycles. The first-order valence-electron chi connectivity index (χ1n) is 13.6. The lowest BCUT2D eigenvalue weighted by Gasteiger charge is -2.36.